The van der Waals surface area contributed by atoms with Crippen LogP contribution in [0.2, 0.25) is 0 Å². The molecule has 2 aromatic rings. The molecule has 28 heavy (non-hydrogen) atoms. The zero-order valence-corrected chi connectivity index (χ0v) is 16.9. The van der Waals surface area contributed by atoms with Gasteiger partial charge < -0.3 is 4.90 Å². The van der Waals surface area contributed by atoms with E-state index in [0.29, 0.717) is 11.4 Å². The molecule has 0 atom stereocenters. The average Bonchev–Trinajstić information content (AvgIpc) is 2.98. The van der Waals surface area contributed by atoms with Crippen LogP contribution < -0.4 is 4.90 Å². The molecule has 144 valence electrons. The second kappa shape index (κ2) is 8.23. The zero-order valence-electron chi connectivity index (χ0n) is 16.1. The third-order valence-electron chi connectivity index (χ3n) is 5.38. The van der Waals surface area contributed by atoms with Crippen molar-refractivity contribution in [2.24, 2.45) is 0 Å². The minimum atomic E-state index is -0.210. The van der Waals surface area contributed by atoms with E-state index in [9.17, 15) is 9.59 Å². The van der Waals surface area contributed by atoms with Crippen LogP contribution in [0.25, 0.3) is 6.08 Å². The van der Waals surface area contributed by atoms with E-state index in [1.165, 1.54) is 29.8 Å². The number of rotatable bonds is 4. The first kappa shape index (κ1) is 18.8. The minimum absolute atomic E-state index is 0.204. The van der Waals surface area contributed by atoms with Gasteiger partial charge in [0.1, 0.15) is 0 Å². The molecule has 4 nitrogen and oxygen atoms in total. The van der Waals surface area contributed by atoms with Crippen LogP contribution in [0.1, 0.15) is 36.0 Å². The van der Waals surface area contributed by atoms with E-state index in [1.807, 2.05) is 49.4 Å². The standard InChI is InChI=1S/C23H24N2O2S/c1-17-7-3-4-8-19(17)16-25-22(26)21(28-23(25)27)15-18-9-11-20(12-10-18)24-13-5-2-6-14-24/h3-4,7-12,15H,2,5-6,13-14,16H2,1H3/b21-15-. The van der Waals surface area contributed by atoms with E-state index in [2.05, 4.69) is 17.0 Å². The number of anilines is 1. The van der Waals surface area contributed by atoms with Crippen molar-refractivity contribution >= 4 is 34.7 Å². The van der Waals surface area contributed by atoms with E-state index in [4.69, 9.17) is 0 Å². The summed E-state index contributed by atoms with van der Waals surface area (Å²) in [6, 6.07) is 16.1. The predicted octanol–water partition coefficient (Wildman–Crippen LogP) is 5.22. The topological polar surface area (TPSA) is 40.6 Å². The second-order valence-electron chi connectivity index (χ2n) is 7.33. The molecular weight excluding hydrogens is 368 g/mol. The van der Waals surface area contributed by atoms with Gasteiger partial charge >= 0.3 is 0 Å². The number of nitrogens with zero attached hydrogens (tertiary/aromatic N) is 2. The number of benzene rings is 2. The van der Waals surface area contributed by atoms with E-state index in [-0.39, 0.29) is 11.1 Å². The number of amides is 2. The first-order chi connectivity index (χ1) is 13.6. The van der Waals surface area contributed by atoms with Gasteiger partial charge in [0.25, 0.3) is 11.1 Å². The molecule has 0 saturated carbocycles. The van der Waals surface area contributed by atoms with Crippen LogP contribution >= 0.6 is 11.8 Å². The van der Waals surface area contributed by atoms with Gasteiger partial charge in [0.15, 0.2) is 0 Å². The van der Waals surface area contributed by atoms with Crippen molar-refractivity contribution < 1.29 is 9.59 Å². The van der Waals surface area contributed by atoms with Gasteiger partial charge in [-0.25, -0.2) is 0 Å². The van der Waals surface area contributed by atoms with Crippen molar-refractivity contribution in [3.8, 4) is 0 Å². The lowest BCUT2D eigenvalue weighted by Crippen LogP contribution is -2.29. The maximum absolute atomic E-state index is 12.8. The number of carbonyl (C=O) groups excluding carboxylic acids is 2. The number of hydrogen-bond donors (Lipinski definition) is 0. The first-order valence-electron chi connectivity index (χ1n) is 9.77. The Labute approximate surface area is 170 Å². The molecule has 2 aliphatic rings. The lowest BCUT2D eigenvalue weighted by molar-refractivity contribution is -0.123. The normalized spacial score (nSPS) is 19.0. The smallest absolute Gasteiger partial charge is 0.293 e. The highest BCUT2D eigenvalue weighted by atomic mass is 32.2. The second-order valence-corrected chi connectivity index (χ2v) is 8.33. The molecule has 4 rings (SSSR count). The molecule has 2 aromatic carbocycles. The fourth-order valence-electron chi connectivity index (χ4n) is 3.68. The van der Waals surface area contributed by atoms with Crippen LogP contribution in [0.3, 0.4) is 0 Å². The zero-order chi connectivity index (χ0) is 19.5. The summed E-state index contributed by atoms with van der Waals surface area (Å²) >= 11 is 1.02. The number of piperidine rings is 1. The van der Waals surface area contributed by atoms with Gasteiger partial charge in [-0.2, -0.15) is 0 Å². The SMILES string of the molecule is Cc1ccccc1CN1C(=O)S/C(=C\c2ccc(N3CCCCC3)cc2)C1=O. The molecule has 2 heterocycles. The lowest BCUT2D eigenvalue weighted by Gasteiger charge is -2.28. The monoisotopic (exact) mass is 392 g/mol. The van der Waals surface area contributed by atoms with Gasteiger partial charge in [-0.05, 0) is 72.8 Å². The molecule has 0 aromatic heterocycles. The third kappa shape index (κ3) is 3.99. The van der Waals surface area contributed by atoms with Crippen molar-refractivity contribution in [1.29, 1.82) is 0 Å². The molecule has 0 N–H and O–H groups in total. The van der Waals surface area contributed by atoms with Crippen molar-refractivity contribution in [2.45, 2.75) is 32.7 Å². The summed E-state index contributed by atoms with van der Waals surface area (Å²) in [7, 11) is 0. The van der Waals surface area contributed by atoms with Crippen molar-refractivity contribution in [3.05, 3.63) is 70.1 Å². The fourth-order valence-corrected chi connectivity index (χ4v) is 4.52. The third-order valence-corrected chi connectivity index (χ3v) is 6.28. The van der Waals surface area contributed by atoms with Crippen molar-refractivity contribution in [3.63, 3.8) is 0 Å². The molecule has 0 spiro atoms. The highest BCUT2D eigenvalue weighted by Crippen LogP contribution is 2.34. The minimum Gasteiger partial charge on any atom is -0.372 e. The Kier molecular flexibility index (Phi) is 5.53. The quantitative estimate of drug-likeness (QED) is 0.669. The molecule has 0 radical (unpaired) electrons. The van der Waals surface area contributed by atoms with Gasteiger partial charge in [-0.1, -0.05) is 36.4 Å². The molecule has 2 saturated heterocycles. The molecule has 0 unspecified atom stereocenters. The summed E-state index contributed by atoms with van der Waals surface area (Å²) < 4.78 is 0. The van der Waals surface area contributed by atoms with Crippen LogP contribution in [-0.2, 0) is 11.3 Å². The van der Waals surface area contributed by atoms with Crippen LogP contribution in [0, 0.1) is 6.92 Å². The highest BCUT2D eigenvalue weighted by molar-refractivity contribution is 8.18. The largest absolute Gasteiger partial charge is 0.372 e. The van der Waals surface area contributed by atoms with E-state index in [0.717, 1.165) is 41.5 Å². The van der Waals surface area contributed by atoms with Crippen LogP contribution in [0.5, 0.6) is 0 Å². The van der Waals surface area contributed by atoms with Gasteiger partial charge in [-0.15, -0.1) is 0 Å². The van der Waals surface area contributed by atoms with Crippen LogP contribution in [0.4, 0.5) is 10.5 Å². The Morgan fingerprint density at radius 2 is 1.68 bits per heavy atom. The van der Waals surface area contributed by atoms with Crippen molar-refractivity contribution in [2.75, 3.05) is 18.0 Å². The van der Waals surface area contributed by atoms with Crippen molar-refractivity contribution in [1.82, 2.24) is 4.90 Å². The summed E-state index contributed by atoms with van der Waals surface area (Å²) in [5, 5.41) is -0.204. The maximum atomic E-state index is 12.8. The molecule has 5 heteroatoms. The lowest BCUT2D eigenvalue weighted by atomic mass is 10.1. The number of thioether (sulfide) groups is 1. The molecule has 0 bridgehead atoms. The number of imide groups is 1. The molecule has 0 aliphatic carbocycles. The number of hydrogen-bond acceptors (Lipinski definition) is 4. The van der Waals surface area contributed by atoms with Gasteiger partial charge in [0, 0.05) is 18.8 Å². The van der Waals surface area contributed by atoms with E-state index < -0.39 is 0 Å². The average molecular weight is 393 g/mol. The molecular formula is C23H24N2O2S. The molecule has 2 fully saturated rings. The Bertz CT molecular complexity index is 914. The van der Waals surface area contributed by atoms with E-state index >= 15 is 0 Å². The van der Waals surface area contributed by atoms with Gasteiger partial charge in [0.2, 0.25) is 0 Å². The Morgan fingerprint density at radius 1 is 0.964 bits per heavy atom. The van der Waals surface area contributed by atoms with Gasteiger partial charge in [-0.3, -0.25) is 14.5 Å². The summed E-state index contributed by atoms with van der Waals surface area (Å²) in [6.07, 6.45) is 5.63. The summed E-state index contributed by atoms with van der Waals surface area (Å²) in [5.74, 6) is -0.210. The number of carbonyl (C=O) groups is 2. The number of aryl methyl sites for hydroxylation is 1. The Balaban J connectivity index is 1.48. The molecule has 2 aliphatic heterocycles. The van der Waals surface area contributed by atoms with E-state index in [1.54, 1.807) is 0 Å². The molecule has 2 amide bonds. The summed E-state index contributed by atoms with van der Waals surface area (Å²) in [4.78, 5) is 29.4. The highest BCUT2D eigenvalue weighted by Gasteiger charge is 2.35. The van der Waals surface area contributed by atoms with Gasteiger partial charge in [0.05, 0.1) is 11.4 Å². The fraction of sp³-hybridized carbons (Fsp3) is 0.304. The maximum Gasteiger partial charge on any atom is 0.293 e. The van der Waals surface area contributed by atoms with Crippen LogP contribution in [-0.4, -0.2) is 29.1 Å². The predicted molar refractivity (Wildman–Crippen MR) is 115 cm³/mol. The summed E-state index contributed by atoms with van der Waals surface area (Å²) in [5.41, 5.74) is 4.25. The Morgan fingerprint density at radius 3 is 2.39 bits per heavy atom. The summed E-state index contributed by atoms with van der Waals surface area (Å²) in [6.45, 7) is 4.53. The van der Waals surface area contributed by atoms with Crippen LogP contribution in [0.15, 0.2) is 53.4 Å². The Hall–Kier alpha value is -2.53. The first-order valence-corrected chi connectivity index (χ1v) is 10.6.